The second-order valence-electron chi connectivity index (χ2n) is 7.93. The summed E-state index contributed by atoms with van der Waals surface area (Å²) in [5.41, 5.74) is 5.36. The van der Waals surface area contributed by atoms with Crippen molar-refractivity contribution in [3.05, 3.63) is 152 Å². The number of pyridine rings is 1. The van der Waals surface area contributed by atoms with E-state index in [0.29, 0.717) is 0 Å². The molecule has 0 unspecified atom stereocenters. The first-order valence-electron chi connectivity index (χ1n) is 11.2. The smallest absolute Gasteiger partial charge is 0.222 e. The highest BCUT2D eigenvalue weighted by Crippen LogP contribution is 2.09. The molecular weight excluding hydrogens is 401 g/mol. The zero-order valence-corrected chi connectivity index (χ0v) is 18.9. The van der Waals surface area contributed by atoms with Crippen LogP contribution in [-0.2, 0) is 0 Å². The van der Waals surface area contributed by atoms with Gasteiger partial charge < -0.3 is 0 Å². The van der Waals surface area contributed by atoms with E-state index in [2.05, 4.69) is 121 Å². The van der Waals surface area contributed by atoms with Gasteiger partial charge in [-0.1, -0.05) is 127 Å². The number of hydrogen-bond donors (Lipinski definition) is 0. The lowest BCUT2D eigenvalue weighted by Crippen LogP contribution is -2.74. The minimum atomic E-state index is -1.22. The Morgan fingerprint density at radius 1 is 0.424 bits per heavy atom. The summed E-state index contributed by atoms with van der Waals surface area (Å²) in [5.74, 6) is 0. The number of hydrogen-bond acceptors (Lipinski definition) is 1. The van der Waals surface area contributed by atoms with Crippen LogP contribution in [0, 0.1) is 0 Å². The molecule has 0 saturated carbocycles. The Hall–Kier alpha value is -4.11. The third-order valence-electron chi connectivity index (χ3n) is 6.10. The van der Waals surface area contributed by atoms with Crippen molar-refractivity contribution < 1.29 is 9.57 Å². The SMILES string of the molecule is CO[n+]1ccccc1.c1ccc([B-](c2ccccc2)(c2ccccc2)c2ccccc2)cc1. The maximum absolute atomic E-state index is 4.83. The van der Waals surface area contributed by atoms with Gasteiger partial charge in [0.1, 0.15) is 13.3 Å². The molecule has 0 fully saturated rings. The van der Waals surface area contributed by atoms with Gasteiger partial charge in [-0.2, -0.15) is 21.9 Å². The Bertz CT molecular complexity index is 1050. The fourth-order valence-electron chi connectivity index (χ4n) is 4.63. The molecule has 5 rings (SSSR count). The molecule has 0 aliphatic rings. The first-order valence-corrected chi connectivity index (χ1v) is 11.2. The fourth-order valence-corrected chi connectivity index (χ4v) is 4.63. The lowest BCUT2D eigenvalue weighted by molar-refractivity contribution is -0.885. The maximum atomic E-state index is 4.83. The number of aromatic nitrogens is 1. The summed E-state index contributed by atoms with van der Waals surface area (Å²) >= 11 is 0. The molecule has 1 heterocycles. The topological polar surface area (TPSA) is 13.1 Å². The maximum Gasteiger partial charge on any atom is 0.222 e. The van der Waals surface area contributed by atoms with E-state index in [1.165, 1.54) is 21.9 Å². The highest BCUT2D eigenvalue weighted by atomic mass is 16.6. The van der Waals surface area contributed by atoms with Gasteiger partial charge in [0.05, 0.1) is 0 Å². The van der Waals surface area contributed by atoms with Crippen LogP contribution in [0.4, 0.5) is 0 Å². The van der Waals surface area contributed by atoms with E-state index < -0.39 is 6.15 Å². The van der Waals surface area contributed by atoms with E-state index in [1.807, 2.05) is 30.6 Å². The van der Waals surface area contributed by atoms with Crippen LogP contribution in [0.15, 0.2) is 152 Å². The average molecular weight is 429 g/mol. The summed E-state index contributed by atoms with van der Waals surface area (Å²) in [6.07, 6.45) is 2.45. The van der Waals surface area contributed by atoms with Gasteiger partial charge in [0.25, 0.3) is 0 Å². The van der Waals surface area contributed by atoms with E-state index in [9.17, 15) is 0 Å². The standard InChI is InChI=1S/C24H20B.C6H8NO/c1-5-13-21(14-6-1)25(22-15-7-2-8-16-22,23-17-9-3-10-18-23)24-19-11-4-12-20-24;1-8-7-5-3-2-4-6-7/h1-20H;2-6H,1H3/q-1;+1. The van der Waals surface area contributed by atoms with Crippen molar-refractivity contribution in [1.29, 1.82) is 0 Å². The first kappa shape index (κ1) is 22.1. The molecule has 2 nitrogen and oxygen atoms in total. The van der Waals surface area contributed by atoms with E-state index in [4.69, 9.17) is 4.84 Å². The van der Waals surface area contributed by atoms with E-state index in [1.54, 1.807) is 11.8 Å². The first-order chi connectivity index (χ1) is 16.4. The quantitative estimate of drug-likeness (QED) is 0.309. The van der Waals surface area contributed by atoms with Crippen molar-refractivity contribution in [1.82, 2.24) is 0 Å². The van der Waals surface area contributed by atoms with E-state index >= 15 is 0 Å². The summed E-state index contributed by atoms with van der Waals surface area (Å²) < 4.78 is 1.62. The van der Waals surface area contributed by atoms with Crippen molar-refractivity contribution in [3.63, 3.8) is 0 Å². The molecule has 0 radical (unpaired) electrons. The van der Waals surface area contributed by atoms with Crippen LogP contribution >= 0.6 is 0 Å². The molecule has 0 amide bonds. The van der Waals surface area contributed by atoms with E-state index in [0.717, 1.165) is 0 Å². The molecule has 0 N–H and O–H groups in total. The molecule has 0 atom stereocenters. The molecule has 0 bridgehead atoms. The van der Waals surface area contributed by atoms with Gasteiger partial charge in [-0.15, -0.1) is 0 Å². The zero-order chi connectivity index (χ0) is 22.8. The molecule has 0 saturated heterocycles. The van der Waals surface area contributed by atoms with Crippen LogP contribution in [-0.4, -0.2) is 13.3 Å². The summed E-state index contributed by atoms with van der Waals surface area (Å²) in [6.45, 7) is 0. The summed E-state index contributed by atoms with van der Waals surface area (Å²) in [6, 6.07) is 49.3. The summed E-state index contributed by atoms with van der Waals surface area (Å²) in [5, 5.41) is 0. The summed E-state index contributed by atoms with van der Waals surface area (Å²) in [7, 11) is 1.62. The van der Waals surface area contributed by atoms with Crippen LogP contribution in [0.25, 0.3) is 0 Å². The number of benzene rings is 4. The molecule has 3 heteroatoms. The Labute approximate surface area is 196 Å². The van der Waals surface area contributed by atoms with Crippen LogP contribution < -0.4 is 31.4 Å². The minimum absolute atomic E-state index is 1.22. The largest absolute Gasteiger partial charge is 0.275 e. The van der Waals surface area contributed by atoms with Crippen LogP contribution in [0.5, 0.6) is 0 Å². The van der Waals surface area contributed by atoms with Crippen LogP contribution in [0.3, 0.4) is 0 Å². The van der Waals surface area contributed by atoms with Crippen molar-refractivity contribution in [2.24, 2.45) is 0 Å². The second kappa shape index (κ2) is 11.0. The average Bonchev–Trinajstić information content (AvgIpc) is 2.92. The van der Waals surface area contributed by atoms with Crippen molar-refractivity contribution in [2.75, 3.05) is 7.11 Å². The van der Waals surface area contributed by atoms with Crippen molar-refractivity contribution >= 4 is 28.0 Å². The van der Waals surface area contributed by atoms with Gasteiger partial charge >= 0.3 is 0 Å². The molecule has 5 aromatic rings. The predicted molar refractivity (Wildman–Crippen MR) is 139 cm³/mol. The molecule has 1 aromatic heterocycles. The Morgan fingerprint density at radius 2 is 0.697 bits per heavy atom. The lowest BCUT2D eigenvalue weighted by atomic mass is 9.13. The lowest BCUT2D eigenvalue weighted by Gasteiger charge is -2.44. The monoisotopic (exact) mass is 429 g/mol. The predicted octanol–water partition coefficient (Wildman–Crippen LogP) is 3.10. The molecule has 0 spiro atoms. The highest BCUT2D eigenvalue weighted by molar-refractivity contribution is 7.19. The van der Waals surface area contributed by atoms with Gasteiger partial charge in [-0.05, 0) is 0 Å². The van der Waals surface area contributed by atoms with Crippen molar-refractivity contribution in [2.45, 2.75) is 0 Å². The molecule has 0 aliphatic carbocycles. The molecule has 162 valence electrons. The Morgan fingerprint density at radius 3 is 0.939 bits per heavy atom. The van der Waals surface area contributed by atoms with E-state index in [-0.39, 0.29) is 0 Å². The normalized spacial score (nSPS) is 10.6. The molecule has 4 aromatic carbocycles. The van der Waals surface area contributed by atoms with Gasteiger partial charge in [0.2, 0.25) is 12.4 Å². The molecule has 0 aliphatic heterocycles. The summed E-state index contributed by atoms with van der Waals surface area (Å²) in [4.78, 5) is 4.83. The zero-order valence-electron chi connectivity index (χ0n) is 18.9. The van der Waals surface area contributed by atoms with Crippen LogP contribution in [0.2, 0.25) is 0 Å². The Balaban J connectivity index is 0.000000275. The van der Waals surface area contributed by atoms with Gasteiger partial charge in [-0.25, -0.2) is 0 Å². The Kier molecular flexibility index (Phi) is 7.34. The third kappa shape index (κ3) is 4.88. The highest BCUT2D eigenvalue weighted by Gasteiger charge is 2.30. The third-order valence-corrected chi connectivity index (χ3v) is 6.10. The molecule has 33 heavy (non-hydrogen) atoms. The fraction of sp³-hybridized carbons (Fsp3) is 0.0333. The van der Waals surface area contributed by atoms with Crippen LogP contribution in [0.1, 0.15) is 0 Å². The number of rotatable bonds is 5. The second-order valence-corrected chi connectivity index (χ2v) is 7.93. The number of nitrogens with zero attached hydrogens (tertiary/aromatic N) is 1. The van der Waals surface area contributed by atoms with Gasteiger partial charge in [-0.3, -0.25) is 4.84 Å². The van der Waals surface area contributed by atoms with Gasteiger partial charge in [0, 0.05) is 16.9 Å². The molecular formula is C30H28BNO. The van der Waals surface area contributed by atoms with Crippen molar-refractivity contribution in [3.8, 4) is 0 Å². The van der Waals surface area contributed by atoms with Gasteiger partial charge in [0.15, 0.2) is 0 Å². The minimum Gasteiger partial charge on any atom is -0.275 e.